The van der Waals surface area contributed by atoms with Crippen molar-refractivity contribution in [2.45, 2.75) is 0 Å². The van der Waals surface area contributed by atoms with Crippen molar-refractivity contribution in [1.29, 1.82) is 0 Å². The topological polar surface area (TPSA) is 121 Å². The second-order valence-electron chi connectivity index (χ2n) is 5.98. The minimum Gasteiger partial charge on any atom is -0.425 e. The van der Waals surface area contributed by atoms with Crippen LogP contribution < -0.4 is 22.5 Å². The average Bonchev–Trinajstić information content (AvgIpc) is 3.28. The van der Waals surface area contributed by atoms with E-state index in [9.17, 15) is 19.2 Å². The van der Waals surface area contributed by atoms with Crippen molar-refractivity contribution in [1.82, 2.24) is 0 Å². The zero-order valence-electron chi connectivity index (χ0n) is 12.6. The van der Waals surface area contributed by atoms with E-state index in [1.54, 1.807) is 6.07 Å². The Labute approximate surface area is 139 Å². The van der Waals surface area contributed by atoms with E-state index in [1.807, 2.05) is 0 Å². The summed E-state index contributed by atoms with van der Waals surface area (Å²) in [7, 11) is 0. The summed E-state index contributed by atoms with van der Waals surface area (Å²) in [4.78, 5) is 47.1. The van der Waals surface area contributed by atoms with E-state index >= 15 is 0 Å². The number of benzene rings is 2. The van der Waals surface area contributed by atoms with Gasteiger partial charge in [-0.15, -0.1) is 0 Å². The Morgan fingerprint density at radius 1 is 0.538 bits per heavy atom. The fourth-order valence-electron chi connectivity index (χ4n) is 3.52. The third-order valence-corrected chi connectivity index (χ3v) is 4.65. The molecule has 6 rings (SSSR count). The second kappa shape index (κ2) is 3.99. The number of hydrogen-bond donors (Lipinski definition) is 0. The Bertz CT molecular complexity index is 1750. The van der Waals surface area contributed by atoms with Crippen molar-refractivity contribution in [3.05, 3.63) is 65.9 Å². The van der Waals surface area contributed by atoms with Crippen molar-refractivity contribution in [3.8, 4) is 0 Å². The second-order valence-corrected chi connectivity index (χ2v) is 5.98. The SMILES string of the molecule is O=c1oc(=O)c2cc3c(cc12)oc1oc2c(ccc4c(=O)oc(=O)c42)c13. The fraction of sp³-hybridized carbons (Fsp3) is 0. The Kier molecular flexibility index (Phi) is 2.05. The van der Waals surface area contributed by atoms with Gasteiger partial charge in [-0.3, -0.25) is 0 Å². The van der Waals surface area contributed by atoms with Gasteiger partial charge < -0.3 is 17.7 Å². The summed E-state index contributed by atoms with van der Waals surface area (Å²) in [6, 6.07) is 6.01. The molecule has 4 aromatic heterocycles. The van der Waals surface area contributed by atoms with Gasteiger partial charge in [-0.2, -0.15) is 0 Å². The monoisotopic (exact) mass is 348 g/mol. The van der Waals surface area contributed by atoms with Crippen LogP contribution in [0.4, 0.5) is 0 Å². The lowest BCUT2D eigenvalue weighted by molar-refractivity contribution is 0.498. The Morgan fingerprint density at radius 2 is 1.19 bits per heavy atom. The lowest BCUT2D eigenvalue weighted by Crippen LogP contribution is -1.94. The molecule has 26 heavy (non-hydrogen) atoms. The van der Waals surface area contributed by atoms with Crippen LogP contribution in [0.1, 0.15) is 0 Å². The van der Waals surface area contributed by atoms with Crippen LogP contribution in [0, 0.1) is 0 Å². The molecule has 4 heterocycles. The van der Waals surface area contributed by atoms with Crippen LogP contribution in [0.25, 0.3) is 54.6 Å². The molecule has 0 saturated carbocycles. The molecule has 6 aromatic rings. The lowest BCUT2D eigenvalue weighted by atomic mass is 10.1. The van der Waals surface area contributed by atoms with E-state index in [4.69, 9.17) is 8.83 Å². The van der Waals surface area contributed by atoms with E-state index in [0.717, 1.165) is 0 Å². The van der Waals surface area contributed by atoms with E-state index < -0.39 is 22.5 Å². The molecule has 0 fully saturated rings. The number of furan rings is 4. The zero-order chi connectivity index (χ0) is 17.7. The molecule has 124 valence electrons. The van der Waals surface area contributed by atoms with Crippen LogP contribution in [-0.2, 0) is 0 Å². The lowest BCUT2D eigenvalue weighted by Gasteiger charge is -1.91. The predicted octanol–water partition coefficient (Wildman–Crippen LogP) is 2.14. The van der Waals surface area contributed by atoms with Gasteiger partial charge in [0.05, 0.1) is 21.5 Å². The smallest absolute Gasteiger partial charge is 0.350 e. The summed E-state index contributed by atoms with van der Waals surface area (Å²) >= 11 is 0. The normalized spacial score (nSPS) is 12.5. The highest BCUT2D eigenvalue weighted by Crippen LogP contribution is 2.39. The van der Waals surface area contributed by atoms with Gasteiger partial charge in [0, 0.05) is 10.8 Å². The summed E-state index contributed by atoms with van der Waals surface area (Å²) in [5.41, 5.74) is -2.47. The van der Waals surface area contributed by atoms with Gasteiger partial charge in [0.1, 0.15) is 11.0 Å². The van der Waals surface area contributed by atoms with Gasteiger partial charge in [-0.25, -0.2) is 19.2 Å². The molecule has 8 nitrogen and oxygen atoms in total. The molecular formula is C18H4O8. The van der Waals surface area contributed by atoms with E-state index in [1.165, 1.54) is 18.2 Å². The highest BCUT2D eigenvalue weighted by atomic mass is 16.5. The highest BCUT2D eigenvalue weighted by molar-refractivity contribution is 6.23. The third kappa shape index (κ3) is 1.37. The van der Waals surface area contributed by atoms with Crippen molar-refractivity contribution in [2.24, 2.45) is 0 Å². The highest BCUT2D eigenvalue weighted by Gasteiger charge is 2.22. The van der Waals surface area contributed by atoms with E-state index in [0.29, 0.717) is 21.7 Å². The molecule has 0 atom stereocenters. The quantitative estimate of drug-likeness (QED) is 0.409. The first-order chi connectivity index (χ1) is 12.5. The summed E-state index contributed by atoms with van der Waals surface area (Å²) in [6.07, 6.45) is 0. The van der Waals surface area contributed by atoms with Crippen molar-refractivity contribution in [2.75, 3.05) is 0 Å². The standard InChI is InChI=1S/C18H4O8/c19-14-6-2-1-5-11-9-3-7-8(16(21)25-15(7)20)4-10(9)23-18(11)24-13(5)12(6)17(22)26-14/h1-4H. The minimum absolute atomic E-state index is 0.0443. The van der Waals surface area contributed by atoms with Crippen LogP contribution >= 0.6 is 0 Å². The van der Waals surface area contributed by atoms with Crippen LogP contribution in [0.15, 0.2) is 61.1 Å². The summed E-state index contributed by atoms with van der Waals surface area (Å²) in [5, 5.41) is 2.01. The average molecular weight is 348 g/mol. The summed E-state index contributed by atoms with van der Waals surface area (Å²) in [5.74, 6) is 0.111. The number of hydrogen-bond acceptors (Lipinski definition) is 8. The third-order valence-electron chi connectivity index (χ3n) is 4.65. The van der Waals surface area contributed by atoms with Crippen molar-refractivity contribution in [3.63, 3.8) is 0 Å². The molecule has 0 spiro atoms. The van der Waals surface area contributed by atoms with Gasteiger partial charge in [0.25, 0.3) is 5.78 Å². The van der Waals surface area contributed by atoms with Gasteiger partial charge in [-0.05, 0) is 24.3 Å². The van der Waals surface area contributed by atoms with Gasteiger partial charge in [-0.1, -0.05) is 0 Å². The molecule has 0 saturated heterocycles. The van der Waals surface area contributed by atoms with Crippen LogP contribution in [0.2, 0.25) is 0 Å². The van der Waals surface area contributed by atoms with Gasteiger partial charge in [0.2, 0.25) is 0 Å². The Morgan fingerprint density at radius 3 is 2.00 bits per heavy atom. The van der Waals surface area contributed by atoms with Crippen molar-refractivity contribution < 1.29 is 17.7 Å². The maximum Gasteiger partial charge on any atom is 0.350 e. The summed E-state index contributed by atoms with van der Waals surface area (Å²) < 4.78 is 20.5. The van der Waals surface area contributed by atoms with Crippen LogP contribution in [-0.4, -0.2) is 0 Å². The molecule has 8 heteroatoms. The molecule has 0 aliphatic carbocycles. The van der Waals surface area contributed by atoms with E-state index in [2.05, 4.69) is 8.83 Å². The molecule has 0 bridgehead atoms. The van der Waals surface area contributed by atoms with Crippen molar-refractivity contribution >= 4 is 54.6 Å². The molecule has 0 aliphatic rings. The summed E-state index contributed by atoms with van der Waals surface area (Å²) in [6.45, 7) is 0. The molecule has 0 aliphatic heterocycles. The first-order valence-corrected chi connectivity index (χ1v) is 7.51. The van der Waals surface area contributed by atoms with Gasteiger partial charge in [0.15, 0.2) is 5.58 Å². The number of fused-ring (bicyclic) bond motifs is 8. The van der Waals surface area contributed by atoms with Crippen LogP contribution in [0.5, 0.6) is 0 Å². The Balaban J connectivity index is 1.91. The number of rotatable bonds is 0. The maximum absolute atomic E-state index is 12.0. The first-order valence-electron chi connectivity index (χ1n) is 7.51. The molecule has 0 N–H and O–H groups in total. The predicted molar refractivity (Wildman–Crippen MR) is 90.5 cm³/mol. The van der Waals surface area contributed by atoms with Gasteiger partial charge >= 0.3 is 22.5 Å². The first kappa shape index (κ1) is 13.4. The van der Waals surface area contributed by atoms with E-state index in [-0.39, 0.29) is 32.9 Å². The largest absolute Gasteiger partial charge is 0.425 e. The fourth-order valence-corrected chi connectivity index (χ4v) is 3.52. The molecule has 0 radical (unpaired) electrons. The maximum atomic E-state index is 12.0. The molecular weight excluding hydrogens is 344 g/mol. The minimum atomic E-state index is -0.786. The van der Waals surface area contributed by atoms with Crippen LogP contribution in [0.3, 0.4) is 0 Å². The zero-order valence-corrected chi connectivity index (χ0v) is 12.6. The molecule has 0 amide bonds. The molecule has 0 unspecified atom stereocenters. The molecule has 2 aromatic carbocycles. The Hall–Kier alpha value is -3.94.